The molecule has 0 fully saturated rings. The number of aryl methyl sites for hydroxylation is 1. The fourth-order valence-electron chi connectivity index (χ4n) is 2.90. The standard InChI is InChI=1S/C20H27N3O5S2/c1-6-23(7-2)29(25,26)16-13-12-15(3)17(14-16)20(24)21-18-10-8-9-11-19(18)30(27,28)22(4)5/h8-14H,6-7H2,1-5H3,(H,21,24). The molecule has 0 saturated carbocycles. The van der Waals surface area contributed by atoms with Crippen molar-refractivity contribution >= 4 is 31.6 Å². The molecule has 2 aromatic carbocycles. The zero-order valence-corrected chi connectivity index (χ0v) is 19.3. The third-order valence-corrected chi connectivity index (χ3v) is 8.61. The van der Waals surface area contributed by atoms with Gasteiger partial charge in [-0.15, -0.1) is 0 Å². The number of hydrogen-bond donors (Lipinski definition) is 1. The molecule has 0 spiro atoms. The van der Waals surface area contributed by atoms with Crippen molar-refractivity contribution in [2.24, 2.45) is 0 Å². The van der Waals surface area contributed by atoms with Gasteiger partial charge in [0.05, 0.1) is 10.6 Å². The van der Waals surface area contributed by atoms with Gasteiger partial charge in [0.1, 0.15) is 4.90 Å². The summed E-state index contributed by atoms with van der Waals surface area (Å²) in [7, 11) is -4.71. The van der Waals surface area contributed by atoms with Gasteiger partial charge in [-0.3, -0.25) is 4.79 Å². The molecule has 0 atom stereocenters. The lowest BCUT2D eigenvalue weighted by molar-refractivity contribution is 0.102. The number of carbonyl (C=O) groups is 1. The molecule has 10 heteroatoms. The number of para-hydroxylation sites is 1. The lowest BCUT2D eigenvalue weighted by atomic mass is 10.1. The van der Waals surface area contributed by atoms with Crippen molar-refractivity contribution in [3.8, 4) is 0 Å². The molecule has 30 heavy (non-hydrogen) atoms. The molecule has 0 unspecified atom stereocenters. The minimum atomic E-state index is -3.78. The minimum Gasteiger partial charge on any atom is -0.321 e. The molecule has 1 amide bonds. The summed E-state index contributed by atoms with van der Waals surface area (Å²) in [5, 5.41) is 2.61. The van der Waals surface area contributed by atoms with Crippen molar-refractivity contribution in [2.75, 3.05) is 32.5 Å². The second-order valence-electron chi connectivity index (χ2n) is 6.80. The highest BCUT2D eigenvalue weighted by molar-refractivity contribution is 7.89. The maximum Gasteiger partial charge on any atom is 0.256 e. The molecule has 8 nitrogen and oxygen atoms in total. The predicted octanol–water partition coefficient (Wildman–Crippen LogP) is 2.53. The van der Waals surface area contributed by atoms with Crippen LogP contribution in [0.25, 0.3) is 0 Å². The Labute approximate surface area is 178 Å². The van der Waals surface area contributed by atoms with E-state index in [0.29, 0.717) is 18.7 Å². The molecule has 0 saturated heterocycles. The first kappa shape index (κ1) is 24.0. The Bertz CT molecular complexity index is 1140. The van der Waals surface area contributed by atoms with E-state index >= 15 is 0 Å². The number of carbonyl (C=O) groups excluding carboxylic acids is 1. The summed E-state index contributed by atoms with van der Waals surface area (Å²) in [5.41, 5.74) is 0.840. The molecular formula is C20H27N3O5S2. The Morgan fingerprint density at radius 1 is 0.933 bits per heavy atom. The Morgan fingerprint density at radius 3 is 2.10 bits per heavy atom. The van der Waals surface area contributed by atoms with Crippen molar-refractivity contribution in [3.63, 3.8) is 0 Å². The summed E-state index contributed by atoms with van der Waals surface area (Å²) >= 11 is 0. The summed E-state index contributed by atoms with van der Waals surface area (Å²) in [5.74, 6) is -0.592. The maximum atomic E-state index is 12.9. The molecule has 0 aliphatic carbocycles. The quantitative estimate of drug-likeness (QED) is 0.661. The van der Waals surface area contributed by atoms with Crippen LogP contribution < -0.4 is 5.32 Å². The average molecular weight is 454 g/mol. The second-order valence-corrected chi connectivity index (χ2v) is 10.9. The highest BCUT2D eigenvalue weighted by atomic mass is 32.2. The molecule has 164 valence electrons. The van der Waals surface area contributed by atoms with Crippen LogP contribution in [0.1, 0.15) is 29.8 Å². The Balaban J connectivity index is 2.48. The van der Waals surface area contributed by atoms with Gasteiger partial charge in [0, 0.05) is 32.7 Å². The fourth-order valence-corrected chi connectivity index (χ4v) is 5.43. The zero-order chi connectivity index (χ0) is 22.7. The maximum absolute atomic E-state index is 12.9. The predicted molar refractivity (Wildman–Crippen MR) is 117 cm³/mol. The van der Waals surface area contributed by atoms with E-state index < -0.39 is 26.0 Å². The number of nitrogens with zero attached hydrogens (tertiary/aromatic N) is 2. The molecule has 0 heterocycles. The minimum absolute atomic E-state index is 0.0103. The van der Waals surface area contributed by atoms with E-state index in [0.717, 1.165) is 4.31 Å². The molecule has 0 aliphatic rings. The summed E-state index contributed by atoms with van der Waals surface area (Å²) in [6, 6.07) is 10.4. The van der Waals surface area contributed by atoms with E-state index in [2.05, 4.69) is 5.32 Å². The summed E-state index contributed by atoms with van der Waals surface area (Å²) in [6.45, 7) is 5.79. The van der Waals surface area contributed by atoms with Gasteiger partial charge < -0.3 is 5.32 Å². The van der Waals surface area contributed by atoms with Crippen LogP contribution >= 0.6 is 0 Å². The van der Waals surface area contributed by atoms with Gasteiger partial charge in [0.15, 0.2) is 0 Å². The SMILES string of the molecule is CCN(CC)S(=O)(=O)c1ccc(C)c(C(=O)Nc2ccccc2S(=O)(=O)N(C)C)c1. The number of hydrogen-bond acceptors (Lipinski definition) is 5. The summed E-state index contributed by atoms with van der Waals surface area (Å²) in [6.07, 6.45) is 0. The van der Waals surface area contributed by atoms with E-state index in [1.54, 1.807) is 39.0 Å². The van der Waals surface area contributed by atoms with Crippen molar-refractivity contribution in [2.45, 2.75) is 30.6 Å². The van der Waals surface area contributed by atoms with Crippen LogP contribution in [-0.4, -0.2) is 58.5 Å². The molecule has 0 radical (unpaired) electrons. The lowest BCUT2D eigenvalue weighted by Crippen LogP contribution is -2.31. The van der Waals surface area contributed by atoms with E-state index in [1.807, 2.05) is 0 Å². The largest absolute Gasteiger partial charge is 0.321 e. The van der Waals surface area contributed by atoms with Crippen LogP contribution in [0.15, 0.2) is 52.3 Å². The number of nitrogens with one attached hydrogen (secondary N) is 1. The molecule has 0 bridgehead atoms. The lowest BCUT2D eigenvalue weighted by Gasteiger charge is -2.19. The van der Waals surface area contributed by atoms with Crippen LogP contribution in [0.4, 0.5) is 5.69 Å². The van der Waals surface area contributed by atoms with Gasteiger partial charge in [0.25, 0.3) is 5.91 Å². The third kappa shape index (κ3) is 4.72. The average Bonchev–Trinajstić information content (AvgIpc) is 2.69. The van der Waals surface area contributed by atoms with Crippen LogP contribution in [-0.2, 0) is 20.0 Å². The summed E-state index contributed by atoms with van der Waals surface area (Å²) in [4.78, 5) is 12.9. The molecular weight excluding hydrogens is 426 g/mol. The third-order valence-electron chi connectivity index (χ3n) is 4.69. The smallest absolute Gasteiger partial charge is 0.256 e. The second kappa shape index (κ2) is 9.25. The zero-order valence-electron chi connectivity index (χ0n) is 17.7. The first-order chi connectivity index (χ1) is 14.0. The van der Waals surface area contributed by atoms with Gasteiger partial charge >= 0.3 is 0 Å². The Hall–Kier alpha value is -2.27. The molecule has 2 rings (SSSR count). The van der Waals surface area contributed by atoms with Gasteiger partial charge in [0.2, 0.25) is 20.0 Å². The number of benzene rings is 2. The Kier molecular flexibility index (Phi) is 7.40. The number of sulfonamides is 2. The van der Waals surface area contributed by atoms with E-state index in [9.17, 15) is 21.6 Å². The molecule has 0 aromatic heterocycles. The van der Waals surface area contributed by atoms with Crippen LogP contribution in [0, 0.1) is 6.92 Å². The number of anilines is 1. The van der Waals surface area contributed by atoms with Crippen LogP contribution in [0.3, 0.4) is 0 Å². The van der Waals surface area contributed by atoms with Crippen LogP contribution in [0.2, 0.25) is 0 Å². The first-order valence-electron chi connectivity index (χ1n) is 9.40. The van der Waals surface area contributed by atoms with Gasteiger partial charge in [-0.05, 0) is 36.8 Å². The topological polar surface area (TPSA) is 104 Å². The monoisotopic (exact) mass is 453 g/mol. The van der Waals surface area contributed by atoms with Gasteiger partial charge in [-0.2, -0.15) is 4.31 Å². The van der Waals surface area contributed by atoms with Crippen molar-refractivity contribution in [3.05, 3.63) is 53.6 Å². The van der Waals surface area contributed by atoms with Gasteiger partial charge in [-0.25, -0.2) is 21.1 Å². The van der Waals surface area contributed by atoms with Gasteiger partial charge in [-0.1, -0.05) is 32.0 Å². The molecule has 2 aromatic rings. The summed E-state index contributed by atoms with van der Waals surface area (Å²) < 4.78 is 53.1. The highest BCUT2D eigenvalue weighted by Gasteiger charge is 2.25. The van der Waals surface area contributed by atoms with Crippen molar-refractivity contribution in [1.29, 1.82) is 0 Å². The fraction of sp³-hybridized carbons (Fsp3) is 0.350. The first-order valence-corrected chi connectivity index (χ1v) is 12.3. The van der Waals surface area contributed by atoms with E-state index in [1.165, 1.54) is 42.7 Å². The van der Waals surface area contributed by atoms with E-state index in [4.69, 9.17) is 0 Å². The normalized spacial score (nSPS) is 12.4. The molecule has 1 N–H and O–H groups in total. The number of rotatable bonds is 8. The van der Waals surface area contributed by atoms with Crippen molar-refractivity contribution < 1.29 is 21.6 Å². The van der Waals surface area contributed by atoms with Crippen molar-refractivity contribution in [1.82, 2.24) is 8.61 Å². The molecule has 0 aliphatic heterocycles. The van der Waals surface area contributed by atoms with E-state index in [-0.39, 0.29) is 21.0 Å². The van der Waals surface area contributed by atoms with Crippen LogP contribution in [0.5, 0.6) is 0 Å². The number of amides is 1. The highest BCUT2D eigenvalue weighted by Crippen LogP contribution is 2.25. The Morgan fingerprint density at radius 2 is 1.53 bits per heavy atom.